The zero-order valence-corrected chi connectivity index (χ0v) is 14.9. The molecule has 3 heterocycles. The van der Waals surface area contributed by atoms with Crippen LogP contribution in [0.4, 0.5) is 16.3 Å². The number of carbonyl (C=O) groups excluding carboxylic acids is 1. The van der Waals surface area contributed by atoms with Gasteiger partial charge in [-0.2, -0.15) is 5.10 Å². The first-order chi connectivity index (χ1) is 12.7. The van der Waals surface area contributed by atoms with Crippen LogP contribution in [-0.2, 0) is 0 Å². The number of H-pyrrole nitrogens is 1. The van der Waals surface area contributed by atoms with Gasteiger partial charge in [-0.3, -0.25) is 5.10 Å². The van der Waals surface area contributed by atoms with Gasteiger partial charge in [-0.1, -0.05) is 11.6 Å². The van der Waals surface area contributed by atoms with Crippen LogP contribution in [-0.4, -0.2) is 52.3 Å². The fourth-order valence-electron chi connectivity index (χ4n) is 3.12. The summed E-state index contributed by atoms with van der Waals surface area (Å²) in [6, 6.07) is 9.38. The molecule has 8 heteroatoms. The van der Waals surface area contributed by atoms with Crippen molar-refractivity contribution in [2.45, 2.75) is 6.42 Å². The maximum Gasteiger partial charge on any atom is 0.321 e. The Morgan fingerprint density at radius 1 is 1.12 bits per heavy atom. The van der Waals surface area contributed by atoms with Crippen molar-refractivity contribution in [2.24, 2.45) is 0 Å². The first-order valence-corrected chi connectivity index (χ1v) is 8.92. The number of halogens is 1. The number of aromatic amines is 1. The summed E-state index contributed by atoms with van der Waals surface area (Å²) in [7, 11) is 0. The van der Waals surface area contributed by atoms with E-state index < -0.39 is 0 Å². The van der Waals surface area contributed by atoms with Crippen molar-refractivity contribution in [2.75, 3.05) is 36.4 Å². The molecule has 7 nitrogen and oxygen atoms in total. The van der Waals surface area contributed by atoms with E-state index in [2.05, 4.69) is 25.4 Å². The number of fused-ring (bicyclic) bond motifs is 1. The van der Waals surface area contributed by atoms with E-state index in [1.807, 2.05) is 35.2 Å². The molecule has 0 unspecified atom stereocenters. The summed E-state index contributed by atoms with van der Waals surface area (Å²) in [4.78, 5) is 21.0. The lowest BCUT2D eigenvalue weighted by molar-refractivity contribution is 0.215. The number of nitrogens with zero attached hydrogens (tertiary/aromatic N) is 4. The van der Waals surface area contributed by atoms with Crippen molar-refractivity contribution in [1.82, 2.24) is 20.1 Å². The molecule has 26 heavy (non-hydrogen) atoms. The van der Waals surface area contributed by atoms with E-state index in [1.54, 1.807) is 12.4 Å². The molecule has 1 aliphatic rings. The van der Waals surface area contributed by atoms with Crippen LogP contribution in [0.3, 0.4) is 0 Å². The Kier molecular flexibility index (Phi) is 4.62. The van der Waals surface area contributed by atoms with Crippen LogP contribution in [0.2, 0.25) is 5.02 Å². The molecule has 1 saturated heterocycles. The number of urea groups is 1. The van der Waals surface area contributed by atoms with E-state index in [9.17, 15) is 4.79 Å². The minimum absolute atomic E-state index is 0.0882. The average Bonchev–Trinajstić information content (AvgIpc) is 2.97. The van der Waals surface area contributed by atoms with Gasteiger partial charge in [0.15, 0.2) is 0 Å². The molecule has 0 aliphatic carbocycles. The lowest BCUT2D eigenvalue weighted by Gasteiger charge is -2.23. The molecule has 2 amide bonds. The van der Waals surface area contributed by atoms with E-state index in [0.29, 0.717) is 18.1 Å². The lowest BCUT2D eigenvalue weighted by atomic mass is 10.2. The van der Waals surface area contributed by atoms with Gasteiger partial charge in [-0.15, -0.1) is 0 Å². The van der Waals surface area contributed by atoms with Crippen LogP contribution in [0.15, 0.2) is 42.7 Å². The molecule has 134 valence electrons. The van der Waals surface area contributed by atoms with Crippen molar-refractivity contribution < 1.29 is 4.79 Å². The number of carbonyl (C=O) groups is 1. The lowest BCUT2D eigenvalue weighted by Crippen LogP contribution is -2.38. The van der Waals surface area contributed by atoms with E-state index in [0.717, 1.165) is 41.9 Å². The van der Waals surface area contributed by atoms with Crippen LogP contribution >= 0.6 is 11.6 Å². The number of nitrogens with one attached hydrogen (secondary N) is 2. The third-order valence-corrected chi connectivity index (χ3v) is 4.74. The van der Waals surface area contributed by atoms with Gasteiger partial charge in [0.1, 0.15) is 5.82 Å². The topological polar surface area (TPSA) is 77.2 Å². The summed E-state index contributed by atoms with van der Waals surface area (Å²) >= 11 is 5.91. The van der Waals surface area contributed by atoms with Crippen molar-refractivity contribution in [3.05, 3.63) is 47.7 Å². The molecule has 0 saturated carbocycles. The molecule has 0 spiro atoms. The number of benzene rings is 1. The Morgan fingerprint density at radius 3 is 2.88 bits per heavy atom. The first kappa shape index (κ1) is 16.7. The summed E-state index contributed by atoms with van der Waals surface area (Å²) in [6.45, 7) is 2.95. The van der Waals surface area contributed by atoms with Crippen LogP contribution in [0.5, 0.6) is 0 Å². The van der Waals surface area contributed by atoms with Gasteiger partial charge in [0.25, 0.3) is 0 Å². The number of hydrogen-bond donors (Lipinski definition) is 2. The predicted molar refractivity (Wildman–Crippen MR) is 103 cm³/mol. The van der Waals surface area contributed by atoms with Gasteiger partial charge in [-0.25, -0.2) is 9.78 Å². The Labute approximate surface area is 156 Å². The predicted octanol–water partition coefficient (Wildman–Crippen LogP) is 3.36. The van der Waals surface area contributed by atoms with E-state index in [1.165, 1.54) is 0 Å². The van der Waals surface area contributed by atoms with Gasteiger partial charge in [0, 0.05) is 43.4 Å². The molecule has 1 aliphatic heterocycles. The number of anilines is 2. The molecular formula is C18H19ClN6O. The number of rotatable bonds is 2. The molecule has 0 atom stereocenters. The van der Waals surface area contributed by atoms with Crippen molar-refractivity contribution >= 4 is 40.0 Å². The summed E-state index contributed by atoms with van der Waals surface area (Å²) < 4.78 is 0. The highest BCUT2D eigenvalue weighted by Gasteiger charge is 2.20. The zero-order chi connectivity index (χ0) is 17.9. The Bertz CT molecular complexity index is 909. The van der Waals surface area contributed by atoms with Gasteiger partial charge in [-0.05, 0) is 36.8 Å². The first-order valence-electron chi connectivity index (χ1n) is 8.54. The van der Waals surface area contributed by atoms with Crippen LogP contribution in [0, 0.1) is 0 Å². The van der Waals surface area contributed by atoms with Crippen LogP contribution in [0.25, 0.3) is 10.9 Å². The van der Waals surface area contributed by atoms with Crippen molar-refractivity contribution in [1.29, 1.82) is 0 Å². The van der Waals surface area contributed by atoms with E-state index in [4.69, 9.17) is 11.6 Å². The number of amides is 2. The average molecular weight is 371 g/mol. The second-order valence-electron chi connectivity index (χ2n) is 6.26. The maximum atomic E-state index is 12.6. The summed E-state index contributed by atoms with van der Waals surface area (Å²) in [5.41, 5.74) is 1.66. The minimum Gasteiger partial charge on any atom is -0.355 e. The number of aromatic nitrogens is 3. The molecule has 2 N–H and O–H groups in total. The quantitative estimate of drug-likeness (QED) is 0.725. The third-order valence-electron chi connectivity index (χ3n) is 4.51. The van der Waals surface area contributed by atoms with Gasteiger partial charge in [0.05, 0.1) is 16.7 Å². The SMILES string of the molecule is O=C(Nc1ccc2cn[nH]c2c1)N1CCCN(c2ccc(Cl)cn2)CC1. The molecule has 2 aromatic heterocycles. The number of hydrogen-bond acceptors (Lipinski definition) is 4. The smallest absolute Gasteiger partial charge is 0.321 e. The van der Waals surface area contributed by atoms with Gasteiger partial charge >= 0.3 is 6.03 Å². The highest BCUT2D eigenvalue weighted by Crippen LogP contribution is 2.19. The van der Waals surface area contributed by atoms with Gasteiger partial charge < -0.3 is 15.1 Å². The van der Waals surface area contributed by atoms with Crippen LogP contribution < -0.4 is 10.2 Å². The molecule has 1 aromatic carbocycles. The summed E-state index contributed by atoms with van der Waals surface area (Å²) in [5, 5.41) is 11.5. The molecular weight excluding hydrogens is 352 g/mol. The summed E-state index contributed by atoms with van der Waals surface area (Å²) in [6.07, 6.45) is 4.30. The molecule has 1 fully saturated rings. The largest absolute Gasteiger partial charge is 0.355 e. The Morgan fingerprint density at radius 2 is 2.04 bits per heavy atom. The fraction of sp³-hybridized carbons (Fsp3) is 0.278. The van der Waals surface area contributed by atoms with E-state index in [-0.39, 0.29) is 6.03 Å². The highest BCUT2D eigenvalue weighted by atomic mass is 35.5. The molecule has 0 radical (unpaired) electrons. The normalized spacial score (nSPS) is 15.1. The molecule has 0 bridgehead atoms. The highest BCUT2D eigenvalue weighted by molar-refractivity contribution is 6.30. The minimum atomic E-state index is -0.0882. The maximum absolute atomic E-state index is 12.6. The summed E-state index contributed by atoms with van der Waals surface area (Å²) in [5.74, 6) is 0.890. The third kappa shape index (κ3) is 3.57. The van der Waals surface area contributed by atoms with Crippen molar-refractivity contribution in [3.63, 3.8) is 0 Å². The Balaban J connectivity index is 1.39. The zero-order valence-electron chi connectivity index (χ0n) is 14.2. The second-order valence-corrected chi connectivity index (χ2v) is 6.70. The number of pyridine rings is 1. The Hall–Kier alpha value is -2.80. The van der Waals surface area contributed by atoms with Crippen LogP contribution in [0.1, 0.15) is 6.42 Å². The fourth-order valence-corrected chi connectivity index (χ4v) is 3.23. The van der Waals surface area contributed by atoms with Crippen molar-refractivity contribution in [3.8, 4) is 0 Å². The van der Waals surface area contributed by atoms with E-state index >= 15 is 0 Å². The monoisotopic (exact) mass is 370 g/mol. The second kappa shape index (κ2) is 7.21. The standard InChI is InChI=1S/C18H19ClN6O/c19-14-3-5-17(20-12-14)24-6-1-7-25(9-8-24)18(26)22-15-4-2-13-11-21-23-16(13)10-15/h2-5,10-12H,1,6-9H2,(H,21,23)(H,22,26). The van der Waals surface area contributed by atoms with Gasteiger partial charge in [0.2, 0.25) is 0 Å². The molecule has 3 aromatic rings. The molecule has 4 rings (SSSR count).